The Morgan fingerprint density at radius 2 is 1.62 bits per heavy atom. The van der Waals surface area contributed by atoms with E-state index in [1.54, 1.807) is 11.8 Å². The molecule has 7 rings (SSSR count). The highest BCUT2D eigenvalue weighted by Gasteiger charge is 2.69. The van der Waals surface area contributed by atoms with E-state index in [2.05, 4.69) is 4.98 Å². The molecule has 5 nitrogen and oxygen atoms in total. The molecule has 0 spiro atoms. The summed E-state index contributed by atoms with van der Waals surface area (Å²) in [6, 6.07) is 13.3. The van der Waals surface area contributed by atoms with Crippen LogP contribution in [-0.2, 0) is 9.59 Å². The molecule has 2 aliphatic heterocycles. The molecule has 3 aromatic rings. The van der Waals surface area contributed by atoms with Crippen molar-refractivity contribution in [2.24, 2.45) is 29.6 Å². The number of imide groups is 1. The first-order chi connectivity index (χ1) is 16.4. The molecule has 2 aliphatic carbocycles. The topological polar surface area (TPSA) is 70.2 Å². The molecule has 3 fully saturated rings. The van der Waals surface area contributed by atoms with Gasteiger partial charge >= 0.3 is 4.87 Å². The Balaban J connectivity index is 1.32. The number of hydrogen-bond acceptors (Lipinski definition) is 5. The number of thioether (sulfide) groups is 1. The highest BCUT2D eigenvalue weighted by Crippen LogP contribution is 2.68. The number of carbonyl (C=O) groups is 2. The average Bonchev–Trinajstić information content (AvgIpc) is 3.54. The van der Waals surface area contributed by atoms with E-state index in [0.29, 0.717) is 10.7 Å². The van der Waals surface area contributed by atoms with Crippen LogP contribution in [0.25, 0.3) is 0 Å². The number of nitrogens with one attached hydrogen (secondary N) is 1. The number of carbonyl (C=O) groups excluding carboxylic acids is 2. The normalized spacial score (nSPS) is 33.2. The quantitative estimate of drug-likeness (QED) is 0.495. The van der Waals surface area contributed by atoms with Gasteiger partial charge in [0.2, 0.25) is 11.8 Å². The molecule has 1 aromatic heterocycles. The number of anilines is 1. The minimum Gasteiger partial charge on any atom is -0.307 e. The van der Waals surface area contributed by atoms with E-state index in [9.17, 15) is 18.8 Å². The number of halogens is 2. The van der Waals surface area contributed by atoms with Crippen molar-refractivity contribution in [3.8, 4) is 0 Å². The molecular weight excluding hydrogens is 495 g/mol. The average molecular weight is 513 g/mol. The first-order valence-corrected chi connectivity index (χ1v) is 13.3. The number of aromatic amines is 1. The van der Waals surface area contributed by atoms with Gasteiger partial charge in [-0.1, -0.05) is 35.1 Å². The lowest BCUT2D eigenvalue weighted by Crippen LogP contribution is -2.42. The number of rotatable bonds is 2. The van der Waals surface area contributed by atoms with Crippen LogP contribution in [0.15, 0.2) is 58.4 Å². The lowest BCUT2D eigenvalue weighted by molar-refractivity contribution is -0.123. The summed E-state index contributed by atoms with van der Waals surface area (Å²) in [4.78, 5) is 44.6. The lowest BCUT2D eigenvalue weighted by atomic mass is 9.68. The van der Waals surface area contributed by atoms with Crippen LogP contribution < -0.4 is 9.77 Å². The zero-order valence-electron chi connectivity index (χ0n) is 17.6. The van der Waals surface area contributed by atoms with Crippen LogP contribution >= 0.6 is 34.7 Å². The van der Waals surface area contributed by atoms with Crippen molar-refractivity contribution < 1.29 is 14.0 Å². The molecule has 34 heavy (non-hydrogen) atoms. The first kappa shape index (κ1) is 20.9. The van der Waals surface area contributed by atoms with Crippen molar-refractivity contribution in [2.75, 3.05) is 4.90 Å². The van der Waals surface area contributed by atoms with Gasteiger partial charge < -0.3 is 4.98 Å². The van der Waals surface area contributed by atoms with E-state index < -0.39 is 5.82 Å². The fraction of sp³-hybridized carbons (Fsp3) is 0.320. The van der Waals surface area contributed by atoms with E-state index in [-0.39, 0.29) is 57.4 Å². The van der Waals surface area contributed by atoms with Crippen LogP contribution in [0, 0.1) is 35.4 Å². The van der Waals surface area contributed by atoms with Gasteiger partial charge in [-0.25, -0.2) is 4.39 Å². The monoisotopic (exact) mass is 512 g/mol. The molecule has 2 aromatic carbocycles. The maximum Gasteiger partial charge on any atom is 0.305 e. The molecule has 1 N–H and O–H groups in total. The van der Waals surface area contributed by atoms with Crippen molar-refractivity contribution in [1.29, 1.82) is 0 Å². The summed E-state index contributed by atoms with van der Waals surface area (Å²) in [7, 11) is 0. The van der Waals surface area contributed by atoms with Crippen molar-refractivity contribution >= 4 is 52.2 Å². The Hall–Kier alpha value is -2.42. The van der Waals surface area contributed by atoms with E-state index in [4.69, 9.17) is 11.6 Å². The second kappa shape index (κ2) is 7.29. The molecule has 4 aliphatic rings. The number of amides is 2. The number of aromatic nitrogens is 1. The van der Waals surface area contributed by atoms with Crippen molar-refractivity contribution in [1.82, 2.24) is 4.98 Å². The molecule has 9 heteroatoms. The Morgan fingerprint density at radius 3 is 2.32 bits per heavy atom. The highest BCUT2D eigenvalue weighted by atomic mass is 35.5. The van der Waals surface area contributed by atoms with Gasteiger partial charge in [0.1, 0.15) is 5.82 Å². The molecule has 172 valence electrons. The van der Waals surface area contributed by atoms with Gasteiger partial charge in [0.25, 0.3) is 0 Å². The van der Waals surface area contributed by atoms with Gasteiger partial charge in [-0.3, -0.25) is 19.3 Å². The Labute approximate surface area is 207 Å². The summed E-state index contributed by atoms with van der Waals surface area (Å²) in [5.41, 5.74) is 1.51. The third-order valence-corrected chi connectivity index (χ3v) is 10.9. The number of hydrogen-bond donors (Lipinski definition) is 1. The van der Waals surface area contributed by atoms with Crippen LogP contribution in [-0.4, -0.2) is 22.0 Å². The highest BCUT2D eigenvalue weighted by molar-refractivity contribution is 8.00. The SMILES string of the molecule is O=C1C2C3CC(C2C(=O)N1c1ccc(F)cc1)C1C(c2ccc(Cl)cc2)c2sc(=O)[nH]c2SC31. The summed E-state index contributed by atoms with van der Waals surface area (Å²) in [5.74, 6) is -1.30. The predicted molar refractivity (Wildman–Crippen MR) is 129 cm³/mol. The van der Waals surface area contributed by atoms with E-state index in [0.717, 1.165) is 21.9 Å². The van der Waals surface area contributed by atoms with Crippen LogP contribution in [0.4, 0.5) is 10.1 Å². The van der Waals surface area contributed by atoms with Gasteiger partial charge in [0.15, 0.2) is 0 Å². The molecule has 2 amide bonds. The van der Waals surface area contributed by atoms with Gasteiger partial charge in [0.05, 0.1) is 22.5 Å². The summed E-state index contributed by atoms with van der Waals surface area (Å²) < 4.78 is 13.5. The summed E-state index contributed by atoms with van der Waals surface area (Å²) >= 11 is 9.05. The van der Waals surface area contributed by atoms with Crippen molar-refractivity contribution in [3.05, 3.63) is 79.5 Å². The zero-order chi connectivity index (χ0) is 23.3. The third kappa shape index (κ3) is 2.76. The molecule has 3 heterocycles. The third-order valence-electron chi connectivity index (χ3n) is 8.04. The predicted octanol–water partition coefficient (Wildman–Crippen LogP) is 4.91. The standard InChI is InChI=1S/C25H18ClFN2O3S2/c26-11-3-1-10(2-4-11)16-17-14-9-15(20(17)33-22-21(16)34-25(32)28-22)19-18(14)23(30)29(24(19)31)13-7-5-12(27)6-8-13/h1-8,14-20H,9H2,(H,28,32). The molecule has 2 bridgehead atoms. The van der Waals surface area contributed by atoms with E-state index in [1.165, 1.54) is 40.5 Å². The Morgan fingerprint density at radius 1 is 0.941 bits per heavy atom. The second-order valence-corrected chi connectivity index (χ2v) is 12.1. The van der Waals surface area contributed by atoms with Gasteiger partial charge in [-0.15, -0.1) is 11.8 Å². The molecule has 0 radical (unpaired) electrons. The zero-order valence-corrected chi connectivity index (χ0v) is 20.0. The fourth-order valence-electron chi connectivity index (χ4n) is 6.90. The van der Waals surface area contributed by atoms with Crippen molar-refractivity contribution in [2.45, 2.75) is 22.6 Å². The smallest absolute Gasteiger partial charge is 0.305 e. The van der Waals surface area contributed by atoms with Crippen LogP contribution in [0.5, 0.6) is 0 Å². The molecule has 2 saturated carbocycles. The Bertz CT molecular complexity index is 1400. The van der Waals surface area contributed by atoms with E-state index in [1.807, 2.05) is 24.3 Å². The van der Waals surface area contributed by atoms with Gasteiger partial charge in [-0.2, -0.15) is 0 Å². The Kier molecular flexibility index (Phi) is 4.48. The minimum absolute atomic E-state index is 0.0267. The molecule has 1 saturated heterocycles. The lowest BCUT2D eigenvalue weighted by Gasteiger charge is -2.43. The number of H-pyrrole nitrogens is 1. The first-order valence-electron chi connectivity index (χ1n) is 11.2. The molecular formula is C25H18ClFN2O3S2. The summed E-state index contributed by atoms with van der Waals surface area (Å²) in [6.45, 7) is 0. The largest absolute Gasteiger partial charge is 0.307 e. The summed E-state index contributed by atoms with van der Waals surface area (Å²) in [6.07, 6.45) is 0.829. The van der Waals surface area contributed by atoms with Gasteiger partial charge in [-0.05, 0) is 66.1 Å². The maximum absolute atomic E-state index is 13.6. The number of thiazole rings is 1. The van der Waals surface area contributed by atoms with Crippen LogP contribution in [0.1, 0.15) is 22.8 Å². The van der Waals surface area contributed by atoms with Crippen molar-refractivity contribution in [3.63, 3.8) is 0 Å². The molecule has 7 unspecified atom stereocenters. The van der Waals surface area contributed by atoms with Crippen LogP contribution in [0.3, 0.4) is 0 Å². The second-order valence-electron chi connectivity index (χ2n) is 9.50. The molecule has 7 atom stereocenters. The van der Waals surface area contributed by atoms with Crippen LogP contribution in [0.2, 0.25) is 5.02 Å². The van der Waals surface area contributed by atoms with Gasteiger partial charge in [0, 0.05) is 21.1 Å². The number of fused-ring (bicyclic) bond motifs is 9. The maximum atomic E-state index is 13.6. The summed E-state index contributed by atoms with van der Waals surface area (Å²) in [5, 5.41) is 1.66. The number of benzene rings is 2. The minimum atomic E-state index is -0.406. The number of nitrogens with zero attached hydrogens (tertiary/aromatic N) is 1. The fourth-order valence-corrected chi connectivity index (χ4v) is 9.92. The van der Waals surface area contributed by atoms with E-state index >= 15 is 0 Å².